The minimum atomic E-state index is -4.39. The first kappa shape index (κ1) is 27.9. The molecule has 0 fully saturated rings. The Morgan fingerprint density at radius 1 is 1.21 bits per heavy atom. The first-order valence-corrected chi connectivity index (χ1v) is 10.4. The van der Waals surface area contributed by atoms with Crippen molar-refractivity contribution in [1.82, 2.24) is 15.6 Å². The van der Waals surface area contributed by atoms with Crippen LogP contribution in [0, 0.1) is 0 Å². The summed E-state index contributed by atoms with van der Waals surface area (Å²) in [5, 5.41) is 7.70. The van der Waals surface area contributed by atoms with Crippen LogP contribution in [0.15, 0.2) is 10.4 Å². The number of ether oxygens (including phenoxy) is 1. The summed E-state index contributed by atoms with van der Waals surface area (Å²) in [6.07, 6.45) is 0.100. The number of halogens is 4. The Morgan fingerprint density at radius 3 is 2.55 bits per heavy atom. The Labute approximate surface area is 191 Å². The number of carbonyl (C=O) groups is 1. The third-order valence-corrected chi connectivity index (χ3v) is 4.59. The smallest absolute Gasteiger partial charge is 0.434 e. The maximum atomic E-state index is 12.6. The van der Waals surface area contributed by atoms with Gasteiger partial charge in [-0.05, 0) is 26.7 Å². The van der Waals surface area contributed by atoms with E-state index in [1.807, 2.05) is 6.92 Å². The molecule has 0 radical (unpaired) electrons. The van der Waals surface area contributed by atoms with Crippen molar-refractivity contribution in [2.45, 2.75) is 58.5 Å². The molecule has 29 heavy (non-hydrogen) atoms. The lowest BCUT2D eigenvalue weighted by molar-refractivity contribution is -0.143. The van der Waals surface area contributed by atoms with Crippen LogP contribution in [0.5, 0.6) is 0 Å². The van der Waals surface area contributed by atoms with Crippen molar-refractivity contribution < 1.29 is 22.7 Å². The largest absolute Gasteiger partial charge is 0.466 e. The molecule has 0 aliphatic heterocycles. The van der Waals surface area contributed by atoms with Crippen molar-refractivity contribution in [3.8, 4) is 0 Å². The predicted octanol–water partition coefficient (Wildman–Crippen LogP) is 4.39. The van der Waals surface area contributed by atoms with Crippen LogP contribution in [0.4, 0.5) is 13.2 Å². The molecule has 1 heterocycles. The van der Waals surface area contributed by atoms with E-state index in [4.69, 9.17) is 4.74 Å². The SMILES string of the molecule is CCNC(=NCCCCCCC(=O)OCC)NCCc1nc(C(F)(F)F)cs1.I. The van der Waals surface area contributed by atoms with E-state index in [9.17, 15) is 18.0 Å². The summed E-state index contributed by atoms with van der Waals surface area (Å²) in [5.41, 5.74) is -0.837. The van der Waals surface area contributed by atoms with Crippen molar-refractivity contribution >= 4 is 47.2 Å². The van der Waals surface area contributed by atoms with Crippen LogP contribution in [0.3, 0.4) is 0 Å². The lowest BCUT2D eigenvalue weighted by Crippen LogP contribution is -2.38. The molecule has 2 N–H and O–H groups in total. The highest BCUT2D eigenvalue weighted by atomic mass is 127. The van der Waals surface area contributed by atoms with Crippen LogP contribution in [-0.2, 0) is 22.1 Å². The predicted molar refractivity (Wildman–Crippen MR) is 120 cm³/mol. The molecule has 1 aromatic heterocycles. The minimum Gasteiger partial charge on any atom is -0.466 e. The Morgan fingerprint density at radius 2 is 1.93 bits per heavy atom. The van der Waals surface area contributed by atoms with Gasteiger partial charge in [0.2, 0.25) is 0 Å². The highest BCUT2D eigenvalue weighted by Gasteiger charge is 2.33. The zero-order chi connectivity index (χ0) is 20.8. The number of guanidine groups is 1. The molecule has 1 aromatic rings. The highest BCUT2D eigenvalue weighted by molar-refractivity contribution is 14.0. The Kier molecular flexibility index (Phi) is 15.1. The topological polar surface area (TPSA) is 75.6 Å². The summed E-state index contributed by atoms with van der Waals surface area (Å²) in [4.78, 5) is 19.3. The quantitative estimate of drug-likeness (QED) is 0.133. The van der Waals surface area contributed by atoms with Crippen LogP contribution in [0.25, 0.3) is 0 Å². The Balaban J connectivity index is 0.00000784. The average Bonchev–Trinajstić information content (AvgIpc) is 3.10. The molecule has 6 nitrogen and oxygen atoms in total. The highest BCUT2D eigenvalue weighted by Crippen LogP contribution is 2.29. The van der Waals surface area contributed by atoms with Gasteiger partial charge in [0.05, 0.1) is 11.6 Å². The lowest BCUT2D eigenvalue weighted by atomic mass is 10.1. The van der Waals surface area contributed by atoms with Gasteiger partial charge in [-0.25, -0.2) is 4.98 Å². The van der Waals surface area contributed by atoms with Crippen molar-refractivity contribution in [2.75, 3.05) is 26.2 Å². The number of aromatic nitrogens is 1. The fourth-order valence-electron chi connectivity index (χ4n) is 2.34. The van der Waals surface area contributed by atoms with Crippen molar-refractivity contribution in [3.63, 3.8) is 0 Å². The maximum Gasteiger partial charge on any atom is 0.434 e. The molecule has 0 bridgehead atoms. The number of nitrogens with zero attached hydrogens (tertiary/aromatic N) is 2. The van der Waals surface area contributed by atoms with Gasteiger partial charge in [-0.2, -0.15) is 13.2 Å². The van der Waals surface area contributed by atoms with Crippen LogP contribution in [-0.4, -0.2) is 43.2 Å². The van der Waals surface area contributed by atoms with Crippen LogP contribution >= 0.6 is 35.3 Å². The van der Waals surface area contributed by atoms with Gasteiger partial charge < -0.3 is 15.4 Å². The van der Waals surface area contributed by atoms with E-state index >= 15 is 0 Å². The molecule has 0 atom stereocenters. The fourth-order valence-corrected chi connectivity index (χ4v) is 3.15. The molecule has 0 unspecified atom stereocenters. The number of carbonyl (C=O) groups excluding carboxylic acids is 1. The molecular formula is C18H30F3IN4O2S. The second kappa shape index (κ2) is 15.7. The number of alkyl halides is 3. The van der Waals surface area contributed by atoms with E-state index in [-0.39, 0.29) is 29.9 Å². The van der Waals surface area contributed by atoms with E-state index in [2.05, 4.69) is 20.6 Å². The van der Waals surface area contributed by atoms with Gasteiger partial charge in [0.1, 0.15) is 0 Å². The number of nitrogens with one attached hydrogen (secondary N) is 2. The van der Waals surface area contributed by atoms with E-state index in [0.29, 0.717) is 50.0 Å². The van der Waals surface area contributed by atoms with Gasteiger partial charge in [0.25, 0.3) is 0 Å². The van der Waals surface area contributed by atoms with Gasteiger partial charge in [0, 0.05) is 37.9 Å². The molecule has 0 saturated heterocycles. The molecule has 0 aromatic carbocycles. The van der Waals surface area contributed by atoms with E-state index < -0.39 is 11.9 Å². The monoisotopic (exact) mass is 550 g/mol. The minimum absolute atomic E-state index is 0. The number of unbranched alkanes of at least 4 members (excludes halogenated alkanes) is 3. The van der Waals surface area contributed by atoms with Crippen LogP contribution < -0.4 is 10.6 Å². The van der Waals surface area contributed by atoms with Crippen molar-refractivity contribution in [2.24, 2.45) is 4.99 Å². The van der Waals surface area contributed by atoms with Gasteiger partial charge in [-0.1, -0.05) is 12.8 Å². The molecule has 0 aliphatic rings. The summed E-state index contributed by atoms with van der Waals surface area (Å²) in [6, 6.07) is 0. The molecule has 11 heteroatoms. The summed E-state index contributed by atoms with van der Waals surface area (Å²) < 4.78 is 42.5. The lowest BCUT2D eigenvalue weighted by Gasteiger charge is -2.10. The molecular weight excluding hydrogens is 520 g/mol. The first-order chi connectivity index (χ1) is 13.4. The number of hydrogen-bond acceptors (Lipinski definition) is 5. The zero-order valence-corrected chi connectivity index (χ0v) is 20.0. The molecule has 168 valence electrons. The number of hydrogen-bond donors (Lipinski definition) is 2. The van der Waals surface area contributed by atoms with Crippen LogP contribution in [0.2, 0.25) is 0 Å². The number of rotatable bonds is 12. The third-order valence-electron chi connectivity index (χ3n) is 3.68. The number of esters is 1. The number of aliphatic imine (C=N–C) groups is 1. The molecule has 0 saturated carbocycles. The van der Waals surface area contributed by atoms with E-state index in [0.717, 1.165) is 42.4 Å². The molecule has 0 amide bonds. The van der Waals surface area contributed by atoms with Gasteiger partial charge in [0.15, 0.2) is 11.7 Å². The van der Waals surface area contributed by atoms with Gasteiger partial charge in [-0.15, -0.1) is 35.3 Å². The van der Waals surface area contributed by atoms with Crippen LogP contribution in [0.1, 0.15) is 56.7 Å². The Hall–Kier alpha value is -1.11. The first-order valence-electron chi connectivity index (χ1n) is 9.56. The average molecular weight is 550 g/mol. The summed E-state index contributed by atoms with van der Waals surface area (Å²) in [6.45, 7) is 5.95. The molecule has 0 aliphatic carbocycles. The second-order valence-electron chi connectivity index (χ2n) is 6.03. The van der Waals surface area contributed by atoms with E-state index in [1.54, 1.807) is 6.92 Å². The Bertz CT molecular complexity index is 612. The normalized spacial score (nSPS) is 11.7. The maximum absolute atomic E-state index is 12.6. The van der Waals surface area contributed by atoms with Gasteiger partial charge in [-0.3, -0.25) is 9.79 Å². The summed E-state index contributed by atoms with van der Waals surface area (Å²) in [7, 11) is 0. The standard InChI is InChI=1S/C18H29F3N4O2S.HI/c1-3-22-17(23-11-8-6-5-7-9-16(26)27-4-2)24-12-10-15-25-14(13-28-15)18(19,20)21;/h13H,3-12H2,1-2H3,(H2,22,23,24);1H. The second-order valence-corrected chi connectivity index (χ2v) is 6.97. The van der Waals surface area contributed by atoms with E-state index in [1.165, 1.54) is 0 Å². The van der Waals surface area contributed by atoms with Gasteiger partial charge >= 0.3 is 12.1 Å². The third kappa shape index (κ3) is 12.9. The van der Waals surface area contributed by atoms with Crippen molar-refractivity contribution in [3.05, 3.63) is 16.1 Å². The number of thiazole rings is 1. The molecule has 1 rings (SSSR count). The van der Waals surface area contributed by atoms with Crippen molar-refractivity contribution in [1.29, 1.82) is 0 Å². The fraction of sp³-hybridized carbons (Fsp3) is 0.722. The summed E-state index contributed by atoms with van der Waals surface area (Å²) >= 11 is 1.01. The zero-order valence-electron chi connectivity index (χ0n) is 16.8. The molecule has 0 spiro atoms. The summed E-state index contributed by atoms with van der Waals surface area (Å²) in [5.74, 6) is 0.489.